The number of thioether (sulfide) groups is 1. The van der Waals surface area contributed by atoms with E-state index in [-0.39, 0.29) is 0 Å². The van der Waals surface area contributed by atoms with Gasteiger partial charge in [-0.2, -0.15) is 0 Å². The summed E-state index contributed by atoms with van der Waals surface area (Å²) < 4.78 is 11.7. The Bertz CT molecular complexity index is 190. The normalized spacial score (nSPS) is 35.7. The average Bonchev–Trinajstić information content (AvgIpc) is 2.13. The van der Waals surface area contributed by atoms with Crippen LogP contribution in [-0.4, -0.2) is 26.1 Å². The van der Waals surface area contributed by atoms with E-state index in [1.54, 1.807) is 18.0 Å². The van der Waals surface area contributed by atoms with Crippen molar-refractivity contribution >= 4 is 26.9 Å². The smallest absolute Gasteiger partial charge is 0.155 e. The van der Waals surface area contributed by atoms with Gasteiger partial charge < -0.3 is 0 Å². The van der Waals surface area contributed by atoms with Gasteiger partial charge >= 0.3 is 0 Å². The minimum atomic E-state index is -0.869. The topological polar surface area (TPSA) is 29.4 Å². The van der Waals surface area contributed by atoms with Crippen molar-refractivity contribution < 1.29 is 4.21 Å². The standard InChI is InChI=1S/C6H11NOS2/c1-4-5(2)9-6(7-4)10(3)8/h4-5H,1-3H3. The third kappa shape index (κ3) is 1.61. The quantitative estimate of drug-likeness (QED) is 0.557. The largest absolute Gasteiger partial charge is 0.265 e. The molecule has 0 N–H and O–H groups in total. The summed E-state index contributed by atoms with van der Waals surface area (Å²) in [5.41, 5.74) is 0. The van der Waals surface area contributed by atoms with Crippen LogP contribution in [0.25, 0.3) is 0 Å². The zero-order chi connectivity index (χ0) is 7.72. The van der Waals surface area contributed by atoms with Gasteiger partial charge in [-0.1, -0.05) is 18.7 Å². The van der Waals surface area contributed by atoms with Crippen LogP contribution in [0.3, 0.4) is 0 Å². The molecule has 1 aliphatic rings. The molecule has 3 unspecified atom stereocenters. The molecule has 1 heterocycles. The van der Waals surface area contributed by atoms with E-state index in [0.717, 1.165) is 4.38 Å². The van der Waals surface area contributed by atoms with Crippen LogP contribution in [0.5, 0.6) is 0 Å². The van der Waals surface area contributed by atoms with Gasteiger partial charge in [-0.05, 0) is 6.92 Å². The maximum atomic E-state index is 10.9. The van der Waals surface area contributed by atoms with E-state index in [4.69, 9.17) is 0 Å². The lowest BCUT2D eigenvalue weighted by Crippen LogP contribution is -2.07. The SMILES string of the molecule is CC1N=C(S(C)=O)SC1C. The van der Waals surface area contributed by atoms with Gasteiger partial charge in [0, 0.05) is 11.5 Å². The summed E-state index contributed by atoms with van der Waals surface area (Å²) in [7, 11) is -0.869. The lowest BCUT2D eigenvalue weighted by Gasteiger charge is -2.02. The number of hydrogen-bond donors (Lipinski definition) is 0. The van der Waals surface area contributed by atoms with Crippen LogP contribution >= 0.6 is 11.8 Å². The number of rotatable bonds is 0. The second-order valence-electron chi connectivity index (χ2n) is 2.41. The highest BCUT2D eigenvalue weighted by atomic mass is 32.2. The summed E-state index contributed by atoms with van der Waals surface area (Å²) in [6, 6.07) is 0.337. The molecular weight excluding hydrogens is 166 g/mol. The highest BCUT2D eigenvalue weighted by Crippen LogP contribution is 2.27. The number of hydrogen-bond acceptors (Lipinski definition) is 3. The summed E-state index contributed by atoms with van der Waals surface area (Å²) >= 11 is 1.63. The van der Waals surface area contributed by atoms with E-state index in [1.807, 2.05) is 0 Å². The van der Waals surface area contributed by atoms with Crippen LogP contribution in [0.1, 0.15) is 13.8 Å². The molecule has 10 heavy (non-hydrogen) atoms. The fourth-order valence-electron chi connectivity index (χ4n) is 0.701. The summed E-state index contributed by atoms with van der Waals surface area (Å²) in [6.07, 6.45) is 1.68. The van der Waals surface area contributed by atoms with Crippen LogP contribution in [0.15, 0.2) is 4.99 Å². The molecule has 0 aromatic heterocycles. The molecule has 2 nitrogen and oxygen atoms in total. The van der Waals surface area contributed by atoms with Crippen molar-refractivity contribution in [1.82, 2.24) is 0 Å². The van der Waals surface area contributed by atoms with Crippen LogP contribution in [-0.2, 0) is 10.8 Å². The monoisotopic (exact) mass is 177 g/mol. The zero-order valence-corrected chi connectivity index (χ0v) is 7.96. The number of nitrogens with zero attached hydrogens (tertiary/aromatic N) is 1. The van der Waals surface area contributed by atoms with Crippen molar-refractivity contribution in [2.24, 2.45) is 4.99 Å². The van der Waals surface area contributed by atoms with Crippen LogP contribution in [0.2, 0.25) is 0 Å². The van der Waals surface area contributed by atoms with Gasteiger partial charge in [-0.25, -0.2) is 0 Å². The first-order valence-corrected chi connectivity index (χ1v) is 5.63. The van der Waals surface area contributed by atoms with E-state index >= 15 is 0 Å². The molecule has 1 aliphatic heterocycles. The van der Waals surface area contributed by atoms with Gasteiger partial charge in [-0.15, -0.1) is 0 Å². The van der Waals surface area contributed by atoms with Gasteiger partial charge in [-0.3, -0.25) is 9.20 Å². The van der Waals surface area contributed by atoms with Gasteiger partial charge in [0.15, 0.2) is 4.38 Å². The lowest BCUT2D eigenvalue weighted by molar-refractivity contribution is 0.693. The Hall–Kier alpha value is 0.170. The molecule has 0 radical (unpaired) electrons. The van der Waals surface area contributed by atoms with E-state index in [0.29, 0.717) is 11.3 Å². The predicted octanol–water partition coefficient (Wildman–Crippen LogP) is 1.24. The first kappa shape index (κ1) is 8.27. The van der Waals surface area contributed by atoms with Crippen molar-refractivity contribution in [2.45, 2.75) is 25.1 Å². The van der Waals surface area contributed by atoms with Crippen LogP contribution in [0.4, 0.5) is 0 Å². The predicted molar refractivity (Wildman–Crippen MR) is 48.0 cm³/mol. The molecule has 0 aromatic carbocycles. The second-order valence-corrected chi connectivity index (χ2v) is 5.33. The van der Waals surface area contributed by atoms with Crippen molar-refractivity contribution in [3.05, 3.63) is 0 Å². The van der Waals surface area contributed by atoms with Gasteiger partial charge in [0.2, 0.25) is 0 Å². The van der Waals surface area contributed by atoms with Crippen LogP contribution in [0, 0.1) is 0 Å². The Kier molecular flexibility index (Phi) is 2.52. The molecule has 3 atom stereocenters. The third-order valence-electron chi connectivity index (χ3n) is 1.52. The molecule has 1 rings (SSSR count). The molecular formula is C6H11NOS2. The van der Waals surface area contributed by atoms with Crippen molar-refractivity contribution in [1.29, 1.82) is 0 Å². The lowest BCUT2D eigenvalue weighted by atomic mass is 10.3. The zero-order valence-electron chi connectivity index (χ0n) is 6.33. The minimum Gasteiger partial charge on any atom is -0.265 e. The van der Waals surface area contributed by atoms with Crippen molar-refractivity contribution in [2.75, 3.05) is 6.26 Å². The Balaban J connectivity index is 2.67. The third-order valence-corrected chi connectivity index (χ3v) is 4.18. The van der Waals surface area contributed by atoms with Gasteiger partial charge in [0.25, 0.3) is 0 Å². The molecule has 0 aliphatic carbocycles. The summed E-state index contributed by atoms with van der Waals surface area (Å²) in [5.74, 6) is 0. The maximum absolute atomic E-state index is 10.9. The van der Waals surface area contributed by atoms with Gasteiger partial charge in [0.1, 0.15) is 0 Å². The van der Waals surface area contributed by atoms with E-state index in [2.05, 4.69) is 18.8 Å². The average molecular weight is 177 g/mol. The molecule has 0 aromatic rings. The van der Waals surface area contributed by atoms with Crippen molar-refractivity contribution in [3.63, 3.8) is 0 Å². The molecule has 0 spiro atoms. The highest BCUT2D eigenvalue weighted by molar-refractivity contribution is 8.33. The van der Waals surface area contributed by atoms with Crippen LogP contribution < -0.4 is 0 Å². The fourth-order valence-corrected chi connectivity index (χ4v) is 2.82. The molecule has 0 saturated carbocycles. The molecule has 0 amide bonds. The molecule has 58 valence electrons. The summed E-state index contributed by atoms with van der Waals surface area (Å²) in [4.78, 5) is 4.25. The molecule has 0 fully saturated rings. The molecule has 4 heteroatoms. The first-order chi connectivity index (χ1) is 4.61. The fraction of sp³-hybridized carbons (Fsp3) is 0.833. The highest BCUT2D eigenvalue weighted by Gasteiger charge is 2.24. The molecule has 0 bridgehead atoms. The Morgan fingerprint density at radius 1 is 1.60 bits per heavy atom. The van der Waals surface area contributed by atoms with E-state index < -0.39 is 10.8 Å². The van der Waals surface area contributed by atoms with Gasteiger partial charge in [0.05, 0.1) is 16.8 Å². The van der Waals surface area contributed by atoms with E-state index in [9.17, 15) is 4.21 Å². The number of aliphatic imine (C=N–C) groups is 1. The van der Waals surface area contributed by atoms with E-state index in [1.165, 1.54) is 0 Å². The Morgan fingerprint density at radius 3 is 2.40 bits per heavy atom. The van der Waals surface area contributed by atoms with Crippen molar-refractivity contribution in [3.8, 4) is 0 Å². The Labute approximate surface area is 68.0 Å². The minimum absolute atomic E-state index is 0.337. The molecule has 0 saturated heterocycles. The summed E-state index contributed by atoms with van der Waals surface area (Å²) in [5, 5.41) is 0.499. The summed E-state index contributed by atoms with van der Waals surface area (Å²) in [6.45, 7) is 4.16. The Morgan fingerprint density at radius 2 is 2.20 bits per heavy atom. The maximum Gasteiger partial charge on any atom is 0.155 e. The first-order valence-electron chi connectivity index (χ1n) is 3.19. The second kappa shape index (κ2) is 3.05.